The molecule has 1 aliphatic rings. The summed E-state index contributed by atoms with van der Waals surface area (Å²) in [7, 11) is -1.49. The van der Waals surface area contributed by atoms with Crippen LogP contribution in [0, 0.1) is 0 Å². The van der Waals surface area contributed by atoms with Crippen molar-refractivity contribution >= 4 is 20.1 Å². The monoisotopic (exact) mass is 287 g/mol. The van der Waals surface area contributed by atoms with Gasteiger partial charge in [0.1, 0.15) is 11.6 Å². The topological polar surface area (TPSA) is 75.6 Å². The van der Waals surface area contributed by atoms with Crippen LogP contribution in [0.4, 0.5) is 4.79 Å². The summed E-state index contributed by atoms with van der Waals surface area (Å²) in [6.07, 6.45) is 1.75. The summed E-state index contributed by atoms with van der Waals surface area (Å²) in [5.74, 6) is -0.966. The average molecular weight is 287 g/mol. The number of alkyl carbamates (subject to hydrolysis) is 1. The van der Waals surface area contributed by atoms with Crippen molar-refractivity contribution in [2.45, 2.75) is 69.9 Å². The van der Waals surface area contributed by atoms with Gasteiger partial charge in [0.05, 0.1) is 8.07 Å². The highest BCUT2D eigenvalue weighted by atomic mass is 28.3. The molecule has 0 aliphatic carbocycles. The number of carboxylic acid groups (broad SMARTS) is 1. The summed E-state index contributed by atoms with van der Waals surface area (Å²) in [4.78, 5) is 23.0. The standard InChI is InChI=1S/C13H25NO4Si/c1-13(2,3)18-12(17)14-10(11(15)16)9-19(4)7-5-6-8-19/h10H,5-9H2,1-4H3,(H,14,17)(H,15,16)/t10-/m0/s1. The van der Waals surface area contributed by atoms with Gasteiger partial charge in [0, 0.05) is 0 Å². The molecular weight excluding hydrogens is 262 g/mol. The molecular formula is C13H25NO4Si. The lowest BCUT2D eigenvalue weighted by molar-refractivity contribution is -0.139. The van der Waals surface area contributed by atoms with E-state index in [-0.39, 0.29) is 0 Å². The highest BCUT2D eigenvalue weighted by molar-refractivity contribution is 6.79. The first-order valence-corrected chi connectivity index (χ1v) is 9.96. The molecule has 0 aromatic rings. The SMILES string of the molecule is CC(C)(C)OC(=O)N[C@@H](C[Si]1(C)CCCC1)C(=O)O. The zero-order valence-electron chi connectivity index (χ0n) is 12.3. The maximum Gasteiger partial charge on any atom is 0.408 e. The lowest BCUT2D eigenvalue weighted by atomic mass is 10.2. The first kappa shape index (κ1) is 16.0. The molecule has 5 nitrogen and oxygen atoms in total. The Hall–Kier alpha value is -1.04. The molecule has 0 saturated carbocycles. The van der Waals surface area contributed by atoms with Crippen LogP contribution >= 0.6 is 0 Å². The highest BCUT2D eigenvalue weighted by Gasteiger charge is 2.37. The van der Waals surface area contributed by atoms with Gasteiger partial charge >= 0.3 is 12.1 Å². The molecule has 1 aliphatic heterocycles. The third-order valence-corrected chi connectivity index (χ3v) is 8.01. The van der Waals surface area contributed by atoms with Gasteiger partial charge in [0.25, 0.3) is 0 Å². The van der Waals surface area contributed by atoms with Crippen molar-refractivity contribution in [2.24, 2.45) is 0 Å². The first-order chi connectivity index (χ1) is 8.61. The number of amides is 1. The molecule has 1 fully saturated rings. The van der Waals surface area contributed by atoms with Gasteiger partial charge < -0.3 is 15.2 Å². The minimum absolute atomic E-state index is 0.599. The van der Waals surface area contributed by atoms with E-state index in [0.717, 1.165) is 12.1 Å². The number of carbonyl (C=O) groups is 2. The van der Waals surface area contributed by atoms with Crippen molar-refractivity contribution in [3.8, 4) is 0 Å². The number of nitrogens with one attached hydrogen (secondary N) is 1. The molecule has 1 rings (SSSR count). The van der Waals surface area contributed by atoms with Gasteiger partial charge in [0.15, 0.2) is 0 Å². The number of ether oxygens (including phenoxy) is 1. The quantitative estimate of drug-likeness (QED) is 0.780. The summed E-state index contributed by atoms with van der Waals surface area (Å²) in [6, 6.07) is 2.10. The minimum atomic E-state index is -1.49. The fraction of sp³-hybridized carbons (Fsp3) is 0.846. The van der Waals surface area contributed by atoms with Crippen LogP contribution in [0.2, 0.25) is 24.7 Å². The molecule has 1 heterocycles. The summed E-state index contributed by atoms with van der Waals surface area (Å²) in [5, 5.41) is 11.7. The van der Waals surface area contributed by atoms with Crippen molar-refractivity contribution in [3.63, 3.8) is 0 Å². The normalized spacial score (nSPS) is 19.8. The molecule has 1 saturated heterocycles. The van der Waals surface area contributed by atoms with E-state index in [9.17, 15) is 14.7 Å². The second kappa shape index (κ2) is 5.94. The summed E-state index contributed by atoms with van der Waals surface area (Å²) in [6.45, 7) is 7.51. The summed E-state index contributed by atoms with van der Waals surface area (Å²) < 4.78 is 5.12. The van der Waals surface area contributed by atoms with E-state index >= 15 is 0 Å². The third-order valence-electron chi connectivity index (χ3n) is 3.50. The molecule has 6 heteroatoms. The fourth-order valence-electron chi connectivity index (χ4n) is 2.58. The van der Waals surface area contributed by atoms with Crippen LogP contribution in [0.5, 0.6) is 0 Å². The highest BCUT2D eigenvalue weighted by Crippen LogP contribution is 2.34. The van der Waals surface area contributed by atoms with Crippen molar-refractivity contribution in [1.29, 1.82) is 0 Å². The van der Waals surface area contributed by atoms with Gasteiger partial charge in [-0.25, -0.2) is 4.79 Å². The van der Waals surface area contributed by atoms with Crippen molar-refractivity contribution < 1.29 is 19.4 Å². The van der Waals surface area contributed by atoms with E-state index in [2.05, 4.69) is 11.9 Å². The van der Waals surface area contributed by atoms with E-state index in [1.807, 2.05) is 0 Å². The number of aliphatic carboxylic acids is 1. The molecule has 0 unspecified atom stereocenters. The van der Waals surface area contributed by atoms with Crippen LogP contribution in [0.25, 0.3) is 0 Å². The predicted octanol–water partition coefficient (Wildman–Crippen LogP) is 2.84. The maximum absolute atomic E-state index is 11.7. The molecule has 110 valence electrons. The summed E-state index contributed by atoms with van der Waals surface area (Å²) in [5.41, 5.74) is -0.609. The Morgan fingerprint density at radius 1 is 1.32 bits per heavy atom. The fourth-order valence-corrected chi connectivity index (χ4v) is 6.70. The maximum atomic E-state index is 11.7. The molecule has 0 spiro atoms. The molecule has 0 aromatic carbocycles. The second-order valence-electron chi connectivity index (χ2n) is 6.76. The number of rotatable bonds is 4. The smallest absolute Gasteiger partial charge is 0.408 e. The van der Waals surface area contributed by atoms with Gasteiger partial charge in [-0.1, -0.05) is 31.5 Å². The van der Waals surface area contributed by atoms with Gasteiger partial charge in [-0.3, -0.25) is 4.79 Å². The largest absolute Gasteiger partial charge is 0.480 e. The van der Waals surface area contributed by atoms with Gasteiger partial charge in [0.2, 0.25) is 0 Å². The number of carbonyl (C=O) groups excluding carboxylic acids is 1. The Morgan fingerprint density at radius 2 is 1.84 bits per heavy atom. The second-order valence-corrected chi connectivity index (χ2v) is 11.8. The first-order valence-electron chi connectivity index (χ1n) is 6.84. The van der Waals surface area contributed by atoms with Gasteiger partial charge in [-0.15, -0.1) is 0 Å². The van der Waals surface area contributed by atoms with Crippen LogP contribution in [-0.4, -0.2) is 36.9 Å². The zero-order valence-corrected chi connectivity index (χ0v) is 13.3. The molecule has 1 atom stereocenters. The van der Waals surface area contributed by atoms with Crippen LogP contribution in [-0.2, 0) is 9.53 Å². The molecule has 0 bridgehead atoms. The minimum Gasteiger partial charge on any atom is -0.480 e. The summed E-state index contributed by atoms with van der Waals surface area (Å²) >= 11 is 0. The van der Waals surface area contributed by atoms with Crippen LogP contribution in [0.1, 0.15) is 33.6 Å². The molecule has 19 heavy (non-hydrogen) atoms. The molecule has 1 amide bonds. The third kappa shape index (κ3) is 5.63. The lowest BCUT2D eigenvalue weighted by Gasteiger charge is -2.27. The predicted molar refractivity (Wildman–Crippen MR) is 76.1 cm³/mol. The van der Waals surface area contributed by atoms with Crippen molar-refractivity contribution in [2.75, 3.05) is 0 Å². The number of hydrogen-bond acceptors (Lipinski definition) is 3. The van der Waals surface area contributed by atoms with E-state index < -0.39 is 31.8 Å². The van der Waals surface area contributed by atoms with Crippen molar-refractivity contribution in [1.82, 2.24) is 5.32 Å². The Balaban J connectivity index is 2.58. The Bertz CT molecular complexity index is 345. The van der Waals surface area contributed by atoms with E-state index in [1.165, 1.54) is 12.8 Å². The zero-order chi connectivity index (χ0) is 14.7. The molecule has 0 radical (unpaired) electrons. The van der Waals surface area contributed by atoms with E-state index in [4.69, 9.17) is 4.74 Å². The van der Waals surface area contributed by atoms with Crippen LogP contribution in [0.15, 0.2) is 0 Å². The van der Waals surface area contributed by atoms with Gasteiger partial charge in [-0.05, 0) is 26.8 Å². The Morgan fingerprint density at radius 3 is 2.26 bits per heavy atom. The lowest BCUT2D eigenvalue weighted by Crippen LogP contribution is -2.47. The number of hydrogen-bond donors (Lipinski definition) is 2. The van der Waals surface area contributed by atoms with Crippen molar-refractivity contribution in [3.05, 3.63) is 0 Å². The Labute approximate surface area is 115 Å². The van der Waals surface area contributed by atoms with Crippen LogP contribution < -0.4 is 5.32 Å². The Kier molecular flexibility index (Phi) is 5.01. The van der Waals surface area contributed by atoms with Gasteiger partial charge in [-0.2, -0.15) is 0 Å². The number of carboxylic acids is 1. The van der Waals surface area contributed by atoms with Crippen LogP contribution in [0.3, 0.4) is 0 Å². The molecule has 0 aromatic heterocycles. The average Bonchev–Trinajstić information content (AvgIpc) is 2.61. The molecule has 2 N–H and O–H groups in total. The van der Waals surface area contributed by atoms with E-state index in [0.29, 0.717) is 6.04 Å². The van der Waals surface area contributed by atoms with E-state index in [1.54, 1.807) is 20.8 Å².